The van der Waals surface area contributed by atoms with Crippen molar-refractivity contribution in [3.05, 3.63) is 30.1 Å². The predicted octanol–water partition coefficient (Wildman–Crippen LogP) is 2.29. The van der Waals surface area contributed by atoms with Crippen molar-refractivity contribution >= 4 is 0 Å². The third-order valence-electron chi connectivity index (χ3n) is 3.78. The lowest BCUT2D eigenvalue weighted by Gasteiger charge is -2.18. The molecule has 0 aromatic carbocycles. The molecule has 3 nitrogen and oxygen atoms in total. The molecule has 1 aromatic rings. The van der Waals surface area contributed by atoms with Crippen LogP contribution in [0.1, 0.15) is 31.2 Å². The van der Waals surface area contributed by atoms with E-state index in [-0.39, 0.29) is 0 Å². The van der Waals surface area contributed by atoms with Gasteiger partial charge in [-0.15, -0.1) is 0 Å². The standard InChI is InChI=1S/C15H25N3/c1-18(13-15-6-8-16-9-7-15)11-10-17-12-14-4-2-3-5-14/h6-9,14,17H,2-5,10-13H2,1H3. The van der Waals surface area contributed by atoms with Crippen molar-refractivity contribution in [3.63, 3.8) is 0 Å². The summed E-state index contributed by atoms with van der Waals surface area (Å²) in [5, 5.41) is 3.59. The molecule has 0 unspecified atom stereocenters. The zero-order chi connectivity index (χ0) is 12.6. The molecule has 1 aromatic heterocycles. The Bertz CT molecular complexity index is 320. The Morgan fingerprint density at radius 1 is 1.28 bits per heavy atom. The fourth-order valence-electron chi connectivity index (χ4n) is 2.67. The molecule has 18 heavy (non-hydrogen) atoms. The average molecular weight is 247 g/mol. The number of nitrogens with zero attached hydrogens (tertiary/aromatic N) is 2. The molecule has 0 atom stereocenters. The van der Waals surface area contributed by atoms with Gasteiger partial charge in [0.05, 0.1) is 0 Å². The van der Waals surface area contributed by atoms with Gasteiger partial charge in [-0.05, 0) is 50.0 Å². The van der Waals surface area contributed by atoms with Crippen molar-refractivity contribution in [2.24, 2.45) is 5.92 Å². The van der Waals surface area contributed by atoms with E-state index in [2.05, 4.69) is 34.4 Å². The van der Waals surface area contributed by atoms with E-state index in [9.17, 15) is 0 Å². The van der Waals surface area contributed by atoms with Crippen molar-refractivity contribution in [1.29, 1.82) is 0 Å². The molecule has 1 N–H and O–H groups in total. The lowest BCUT2D eigenvalue weighted by atomic mass is 10.1. The normalized spacial score (nSPS) is 16.6. The van der Waals surface area contributed by atoms with Gasteiger partial charge in [0.1, 0.15) is 0 Å². The van der Waals surface area contributed by atoms with Crippen LogP contribution < -0.4 is 5.32 Å². The van der Waals surface area contributed by atoms with Crippen LogP contribution in [-0.2, 0) is 6.54 Å². The number of pyridine rings is 1. The summed E-state index contributed by atoms with van der Waals surface area (Å²) in [6.45, 7) is 4.42. The molecular formula is C15H25N3. The first-order valence-electron chi connectivity index (χ1n) is 7.13. The highest BCUT2D eigenvalue weighted by Crippen LogP contribution is 2.23. The van der Waals surface area contributed by atoms with Crippen LogP contribution in [0.25, 0.3) is 0 Å². The van der Waals surface area contributed by atoms with Gasteiger partial charge in [0, 0.05) is 32.0 Å². The van der Waals surface area contributed by atoms with E-state index in [1.165, 1.54) is 37.8 Å². The third-order valence-corrected chi connectivity index (χ3v) is 3.78. The Kier molecular flexibility index (Phi) is 5.62. The third kappa shape index (κ3) is 4.75. The summed E-state index contributed by atoms with van der Waals surface area (Å²) < 4.78 is 0. The van der Waals surface area contributed by atoms with Crippen LogP contribution in [0.15, 0.2) is 24.5 Å². The van der Waals surface area contributed by atoms with E-state index in [4.69, 9.17) is 0 Å². The van der Waals surface area contributed by atoms with Crippen molar-refractivity contribution in [3.8, 4) is 0 Å². The number of aromatic nitrogens is 1. The second-order valence-electron chi connectivity index (χ2n) is 5.45. The minimum absolute atomic E-state index is 0.940. The highest BCUT2D eigenvalue weighted by atomic mass is 15.1. The number of nitrogens with one attached hydrogen (secondary N) is 1. The molecule has 0 spiro atoms. The largest absolute Gasteiger partial charge is 0.315 e. The van der Waals surface area contributed by atoms with Crippen LogP contribution in [0, 0.1) is 5.92 Å². The lowest BCUT2D eigenvalue weighted by molar-refractivity contribution is 0.319. The van der Waals surface area contributed by atoms with Gasteiger partial charge < -0.3 is 10.2 Å². The molecule has 1 aliphatic rings. The Morgan fingerprint density at radius 3 is 2.72 bits per heavy atom. The van der Waals surface area contributed by atoms with E-state index in [0.29, 0.717) is 0 Å². The van der Waals surface area contributed by atoms with Gasteiger partial charge in [-0.2, -0.15) is 0 Å². The van der Waals surface area contributed by atoms with Gasteiger partial charge in [0.15, 0.2) is 0 Å². The summed E-state index contributed by atoms with van der Waals surface area (Å²) in [6, 6.07) is 4.17. The van der Waals surface area contributed by atoms with E-state index < -0.39 is 0 Å². The van der Waals surface area contributed by atoms with Crippen LogP contribution in [0.3, 0.4) is 0 Å². The van der Waals surface area contributed by atoms with E-state index in [1.807, 2.05) is 12.4 Å². The summed E-state index contributed by atoms with van der Waals surface area (Å²) >= 11 is 0. The van der Waals surface area contributed by atoms with E-state index >= 15 is 0 Å². The van der Waals surface area contributed by atoms with E-state index in [1.54, 1.807) is 0 Å². The van der Waals surface area contributed by atoms with E-state index in [0.717, 1.165) is 25.6 Å². The molecule has 0 saturated heterocycles. The van der Waals surface area contributed by atoms with Crippen LogP contribution in [0.4, 0.5) is 0 Å². The van der Waals surface area contributed by atoms with Crippen molar-refractivity contribution in [1.82, 2.24) is 15.2 Å². The molecule has 0 bridgehead atoms. The maximum atomic E-state index is 4.04. The van der Waals surface area contributed by atoms with Crippen LogP contribution in [0.2, 0.25) is 0 Å². The molecule has 0 amide bonds. The highest BCUT2D eigenvalue weighted by molar-refractivity contribution is 5.09. The predicted molar refractivity (Wildman–Crippen MR) is 75.4 cm³/mol. The van der Waals surface area contributed by atoms with Gasteiger partial charge in [-0.25, -0.2) is 0 Å². The smallest absolute Gasteiger partial charge is 0.0271 e. The summed E-state index contributed by atoms with van der Waals surface area (Å²) in [5.74, 6) is 0.940. The molecule has 1 aliphatic carbocycles. The number of hydrogen-bond acceptors (Lipinski definition) is 3. The zero-order valence-electron chi connectivity index (χ0n) is 11.4. The van der Waals surface area contributed by atoms with Crippen LogP contribution in [-0.4, -0.2) is 36.6 Å². The number of hydrogen-bond donors (Lipinski definition) is 1. The first-order chi connectivity index (χ1) is 8.84. The molecule has 0 radical (unpaired) electrons. The van der Waals surface area contributed by atoms with Gasteiger partial charge in [-0.1, -0.05) is 12.8 Å². The summed E-state index contributed by atoms with van der Waals surface area (Å²) in [7, 11) is 2.18. The Labute approximate surface area is 111 Å². The minimum atomic E-state index is 0.940. The van der Waals surface area contributed by atoms with Gasteiger partial charge in [-0.3, -0.25) is 4.98 Å². The first-order valence-corrected chi connectivity index (χ1v) is 7.13. The lowest BCUT2D eigenvalue weighted by Crippen LogP contribution is -2.31. The number of likely N-dealkylation sites (N-methyl/N-ethyl adjacent to an activating group) is 1. The summed E-state index contributed by atoms with van der Waals surface area (Å²) in [4.78, 5) is 6.40. The quantitative estimate of drug-likeness (QED) is 0.749. The minimum Gasteiger partial charge on any atom is -0.315 e. The Morgan fingerprint density at radius 2 is 2.00 bits per heavy atom. The summed E-state index contributed by atoms with van der Waals surface area (Å²) in [5.41, 5.74) is 1.34. The maximum Gasteiger partial charge on any atom is 0.0271 e. The first kappa shape index (κ1) is 13.5. The van der Waals surface area contributed by atoms with Gasteiger partial charge >= 0.3 is 0 Å². The molecule has 1 fully saturated rings. The van der Waals surface area contributed by atoms with Crippen molar-refractivity contribution < 1.29 is 0 Å². The van der Waals surface area contributed by atoms with Crippen molar-refractivity contribution in [2.75, 3.05) is 26.7 Å². The molecule has 1 heterocycles. The summed E-state index contributed by atoms with van der Waals surface area (Å²) in [6.07, 6.45) is 9.46. The van der Waals surface area contributed by atoms with Gasteiger partial charge in [0.25, 0.3) is 0 Å². The topological polar surface area (TPSA) is 28.2 Å². The van der Waals surface area contributed by atoms with Crippen molar-refractivity contribution in [2.45, 2.75) is 32.2 Å². The second-order valence-corrected chi connectivity index (χ2v) is 5.45. The molecule has 100 valence electrons. The maximum absolute atomic E-state index is 4.04. The molecule has 1 saturated carbocycles. The Hall–Kier alpha value is -0.930. The molecule has 0 aliphatic heterocycles. The number of rotatable bonds is 7. The SMILES string of the molecule is CN(CCNCC1CCCC1)Cc1ccncc1. The highest BCUT2D eigenvalue weighted by Gasteiger charge is 2.13. The monoisotopic (exact) mass is 247 g/mol. The van der Waals surface area contributed by atoms with Gasteiger partial charge in [0.2, 0.25) is 0 Å². The average Bonchev–Trinajstić information content (AvgIpc) is 2.89. The molecule has 3 heteroatoms. The van der Waals surface area contributed by atoms with Crippen LogP contribution >= 0.6 is 0 Å². The molecular weight excluding hydrogens is 222 g/mol. The zero-order valence-corrected chi connectivity index (χ0v) is 11.4. The van der Waals surface area contributed by atoms with Crippen LogP contribution in [0.5, 0.6) is 0 Å². The fourth-order valence-corrected chi connectivity index (χ4v) is 2.67. The second kappa shape index (κ2) is 7.49. The fraction of sp³-hybridized carbons (Fsp3) is 0.667. The molecule has 2 rings (SSSR count). The Balaban J connectivity index is 1.55.